The molecule has 10 heteroatoms. The molecule has 116 valence electrons. The molecule has 1 fully saturated rings. The number of carboxylic acids is 1. The Morgan fingerprint density at radius 2 is 2.24 bits per heavy atom. The van der Waals surface area contributed by atoms with Gasteiger partial charge >= 0.3 is 12.0 Å². The zero-order valence-electron chi connectivity index (χ0n) is 11.7. The zero-order chi connectivity index (χ0) is 15.6. The van der Waals surface area contributed by atoms with Crippen LogP contribution in [-0.4, -0.2) is 72.3 Å². The van der Waals surface area contributed by atoms with E-state index in [1.807, 2.05) is 0 Å². The minimum Gasteiger partial charge on any atom is -0.476 e. The van der Waals surface area contributed by atoms with Crippen LogP contribution in [0.3, 0.4) is 0 Å². The molecule has 0 bridgehead atoms. The van der Waals surface area contributed by atoms with Gasteiger partial charge in [-0.3, -0.25) is 4.21 Å². The first-order valence-corrected chi connectivity index (χ1v) is 8.00. The van der Waals surface area contributed by atoms with Gasteiger partial charge < -0.3 is 15.3 Å². The van der Waals surface area contributed by atoms with E-state index < -0.39 is 16.8 Å². The number of likely N-dealkylation sites (tertiary alicyclic amines) is 1. The van der Waals surface area contributed by atoms with Crippen LogP contribution in [0.25, 0.3) is 0 Å². The number of amides is 2. The number of hydrogen-bond donors (Lipinski definition) is 2. The third-order valence-corrected chi connectivity index (χ3v) is 4.66. The Balaban J connectivity index is 1.79. The molecule has 2 atom stereocenters. The SMILES string of the molecule is CC(CNC(=O)N1CC(n2cc(C(=O)O)nn2)C1)S(C)=O. The van der Waals surface area contributed by atoms with Crippen molar-refractivity contribution in [3.05, 3.63) is 11.9 Å². The Morgan fingerprint density at radius 1 is 1.57 bits per heavy atom. The van der Waals surface area contributed by atoms with Crippen molar-refractivity contribution in [2.75, 3.05) is 25.9 Å². The maximum Gasteiger partial charge on any atom is 0.358 e. The summed E-state index contributed by atoms with van der Waals surface area (Å²) in [4.78, 5) is 24.1. The second-order valence-electron chi connectivity index (χ2n) is 4.94. The number of carbonyl (C=O) groups is 2. The molecule has 0 radical (unpaired) electrons. The lowest BCUT2D eigenvalue weighted by molar-refractivity contribution is 0.0690. The summed E-state index contributed by atoms with van der Waals surface area (Å²) in [5.74, 6) is -1.13. The average Bonchev–Trinajstić information content (AvgIpc) is 2.83. The molecule has 2 amide bonds. The van der Waals surface area contributed by atoms with Crippen LogP contribution >= 0.6 is 0 Å². The summed E-state index contributed by atoms with van der Waals surface area (Å²) in [6, 6.07) is -0.281. The molecule has 1 aromatic rings. The molecular weight excluding hydrogens is 298 g/mol. The topological polar surface area (TPSA) is 117 Å². The number of urea groups is 1. The van der Waals surface area contributed by atoms with Crippen LogP contribution in [-0.2, 0) is 10.8 Å². The summed E-state index contributed by atoms with van der Waals surface area (Å²) >= 11 is 0. The molecule has 0 aliphatic carbocycles. The molecule has 2 rings (SSSR count). The smallest absolute Gasteiger partial charge is 0.358 e. The first-order chi connectivity index (χ1) is 9.88. The molecule has 9 nitrogen and oxygen atoms in total. The van der Waals surface area contributed by atoms with Crippen LogP contribution < -0.4 is 5.32 Å². The summed E-state index contributed by atoms with van der Waals surface area (Å²) < 4.78 is 12.6. The average molecular weight is 315 g/mol. The fourth-order valence-corrected chi connectivity index (χ4v) is 2.12. The van der Waals surface area contributed by atoms with E-state index in [-0.39, 0.29) is 23.0 Å². The first kappa shape index (κ1) is 15.4. The summed E-state index contributed by atoms with van der Waals surface area (Å²) in [6.07, 6.45) is 2.95. The van der Waals surface area contributed by atoms with Gasteiger partial charge in [0.15, 0.2) is 5.69 Å². The maximum atomic E-state index is 11.8. The van der Waals surface area contributed by atoms with E-state index in [1.54, 1.807) is 18.1 Å². The van der Waals surface area contributed by atoms with Crippen molar-refractivity contribution in [3.8, 4) is 0 Å². The summed E-state index contributed by atoms with van der Waals surface area (Å²) in [7, 11) is -0.974. The Labute approximate surface area is 123 Å². The van der Waals surface area contributed by atoms with Gasteiger partial charge in [-0.25, -0.2) is 14.3 Å². The van der Waals surface area contributed by atoms with Crippen LogP contribution in [0.1, 0.15) is 23.5 Å². The van der Waals surface area contributed by atoms with E-state index in [4.69, 9.17) is 5.11 Å². The largest absolute Gasteiger partial charge is 0.476 e. The number of nitrogens with zero attached hydrogens (tertiary/aromatic N) is 4. The highest BCUT2D eigenvalue weighted by molar-refractivity contribution is 7.84. The van der Waals surface area contributed by atoms with Crippen molar-refractivity contribution in [2.24, 2.45) is 0 Å². The molecule has 1 aromatic heterocycles. The quantitative estimate of drug-likeness (QED) is 0.742. The molecule has 2 N–H and O–H groups in total. The monoisotopic (exact) mass is 315 g/mol. The van der Waals surface area contributed by atoms with Gasteiger partial charge in [-0.05, 0) is 6.92 Å². The van der Waals surface area contributed by atoms with Gasteiger partial charge in [-0.2, -0.15) is 0 Å². The third-order valence-electron chi connectivity index (χ3n) is 3.36. The Kier molecular flexibility index (Phi) is 4.56. The highest BCUT2D eigenvalue weighted by atomic mass is 32.2. The second-order valence-corrected chi connectivity index (χ2v) is 6.74. The Hall–Kier alpha value is -1.97. The summed E-state index contributed by atoms with van der Waals surface area (Å²) in [6.45, 7) is 3.05. The van der Waals surface area contributed by atoms with Crippen LogP contribution in [0.5, 0.6) is 0 Å². The van der Waals surface area contributed by atoms with E-state index in [1.165, 1.54) is 10.9 Å². The number of nitrogens with one attached hydrogen (secondary N) is 1. The number of carboxylic acid groups (broad SMARTS) is 1. The van der Waals surface area contributed by atoms with Gasteiger partial charge in [0, 0.05) is 41.9 Å². The fourth-order valence-electron chi connectivity index (χ4n) is 1.80. The van der Waals surface area contributed by atoms with Gasteiger partial charge in [0.25, 0.3) is 0 Å². The predicted octanol–water partition coefficient (Wildman–Crippen LogP) is -0.690. The molecule has 2 unspecified atom stereocenters. The molecule has 0 saturated carbocycles. The number of hydrogen-bond acceptors (Lipinski definition) is 5. The van der Waals surface area contributed by atoms with E-state index >= 15 is 0 Å². The molecular formula is C11H17N5O4S. The Morgan fingerprint density at radius 3 is 2.76 bits per heavy atom. The Bertz CT molecular complexity index is 569. The van der Waals surface area contributed by atoms with Crippen molar-refractivity contribution >= 4 is 22.8 Å². The normalized spacial score (nSPS) is 17.9. The molecule has 1 aliphatic rings. The maximum absolute atomic E-state index is 11.8. The van der Waals surface area contributed by atoms with E-state index in [2.05, 4.69) is 15.6 Å². The van der Waals surface area contributed by atoms with E-state index in [0.29, 0.717) is 19.6 Å². The minimum absolute atomic E-state index is 0.0610. The predicted molar refractivity (Wildman–Crippen MR) is 74.5 cm³/mol. The van der Waals surface area contributed by atoms with Crippen LogP contribution in [0, 0.1) is 0 Å². The van der Waals surface area contributed by atoms with Crippen molar-refractivity contribution in [1.29, 1.82) is 0 Å². The van der Waals surface area contributed by atoms with Crippen LogP contribution in [0.2, 0.25) is 0 Å². The lowest BCUT2D eigenvalue weighted by Gasteiger charge is -2.38. The third kappa shape index (κ3) is 3.57. The minimum atomic E-state index is -1.13. The highest BCUT2D eigenvalue weighted by Gasteiger charge is 2.33. The highest BCUT2D eigenvalue weighted by Crippen LogP contribution is 2.20. The lowest BCUT2D eigenvalue weighted by atomic mass is 10.1. The van der Waals surface area contributed by atoms with Crippen molar-refractivity contribution in [2.45, 2.75) is 18.2 Å². The van der Waals surface area contributed by atoms with Gasteiger partial charge in [-0.15, -0.1) is 5.10 Å². The van der Waals surface area contributed by atoms with E-state index in [9.17, 15) is 13.8 Å². The molecule has 2 heterocycles. The van der Waals surface area contributed by atoms with E-state index in [0.717, 1.165) is 0 Å². The summed E-state index contributed by atoms with van der Waals surface area (Å²) in [5, 5.41) is 18.6. The van der Waals surface area contributed by atoms with Gasteiger partial charge in [-0.1, -0.05) is 5.21 Å². The number of rotatable bonds is 5. The molecule has 0 aromatic carbocycles. The first-order valence-electron chi connectivity index (χ1n) is 6.38. The summed E-state index contributed by atoms with van der Waals surface area (Å²) in [5.41, 5.74) is -0.114. The second kappa shape index (κ2) is 6.20. The van der Waals surface area contributed by atoms with Gasteiger partial charge in [0.05, 0.1) is 12.2 Å². The number of aromatic carboxylic acids is 1. The number of carbonyl (C=O) groups excluding carboxylic acids is 1. The van der Waals surface area contributed by atoms with Crippen LogP contribution in [0.4, 0.5) is 4.79 Å². The van der Waals surface area contributed by atoms with Gasteiger partial charge in [0.2, 0.25) is 0 Å². The molecule has 0 spiro atoms. The molecule has 1 aliphatic heterocycles. The standard InChI is InChI=1S/C11H17N5O4S/c1-7(21(2)20)3-12-11(19)15-4-8(5-15)16-6-9(10(17)18)13-14-16/h6-8H,3-5H2,1-2H3,(H,12,19)(H,17,18). The van der Waals surface area contributed by atoms with Crippen molar-refractivity contribution < 1.29 is 18.9 Å². The zero-order valence-corrected chi connectivity index (χ0v) is 12.5. The number of aromatic nitrogens is 3. The van der Waals surface area contributed by atoms with Crippen molar-refractivity contribution in [1.82, 2.24) is 25.2 Å². The lowest BCUT2D eigenvalue weighted by Crippen LogP contribution is -2.55. The molecule has 1 saturated heterocycles. The van der Waals surface area contributed by atoms with Gasteiger partial charge in [0.1, 0.15) is 0 Å². The fraction of sp³-hybridized carbons (Fsp3) is 0.636. The molecule has 21 heavy (non-hydrogen) atoms. The van der Waals surface area contributed by atoms with Crippen molar-refractivity contribution in [3.63, 3.8) is 0 Å². The van der Waals surface area contributed by atoms with Crippen LogP contribution in [0.15, 0.2) is 6.20 Å².